The molecule has 2 N–H and O–H groups in total. The highest BCUT2D eigenvalue weighted by Crippen LogP contribution is 2.68. The lowest BCUT2D eigenvalue weighted by Gasteiger charge is -2.40. The number of nitrogens with zero attached hydrogens (tertiary/aromatic N) is 2. The van der Waals surface area contributed by atoms with E-state index in [9.17, 15) is 19.5 Å². The Hall–Kier alpha value is -2.32. The summed E-state index contributed by atoms with van der Waals surface area (Å²) in [4.78, 5) is 43.6. The van der Waals surface area contributed by atoms with E-state index in [4.69, 9.17) is 5.11 Å². The van der Waals surface area contributed by atoms with Gasteiger partial charge in [0.1, 0.15) is 6.04 Å². The van der Waals surface area contributed by atoms with Crippen LogP contribution in [0.4, 0.5) is 0 Å². The minimum atomic E-state index is -0.940. The first-order chi connectivity index (χ1) is 16.4. The van der Waals surface area contributed by atoms with E-state index >= 15 is 0 Å². The molecule has 0 saturated carbocycles. The van der Waals surface area contributed by atoms with Crippen molar-refractivity contribution < 1.29 is 24.6 Å². The average molecular weight is 487 g/mol. The number of hydrogen-bond acceptors (Lipinski definition) is 5. The number of carbonyl (C=O) groups is 3. The number of benzene rings is 1. The van der Waals surface area contributed by atoms with Crippen molar-refractivity contribution >= 4 is 29.5 Å². The molecular weight excluding hydrogens is 452 g/mol. The number of aliphatic hydroxyl groups excluding tert-OH is 1. The van der Waals surface area contributed by atoms with Crippen LogP contribution in [0, 0.1) is 17.8 Å². The van der Waals surface area contributed by atoms with Gasteiger partial charge in [-0.3, -0.25) is 14.4 Å². The van der Waals surface area contributed by atoms with Crippen LogP contribution in [0.15, 0.2) is 43.0 Å². The predicted molar refractivity (Wildman–Crippen MR) is 131 cm³/mol. The molecule has 34 heavy (non-hydrogen) atoms. The van der Waals surface area contributed by atoms with Crippen molar-refractivity contribution in [2.45, 2.75) is 55.2 Å². The van der Waals surface area contributed by atoms with E-state index in [0.717, 1.165) is 12.0 Å². The number of rotatable bonds is 11. The van der Waals surface area contributed by atoms with Crippen LogP contribution < -0.4 is 0 Å². The molecule has 6 atom stereocenters. The van der Waals surface area contributed by atoms with Gasteiger partial charge in [0, 0.05) is 31.5 Å². The van der Waals surface area contributed by atoms with Crippen LogP contribution >= 0.6 is 11.8 Å². The SMILES string of the molecule is C=CCN(Cc1ccccc1)C(=O)C1N(CCCCCO)C(=O)[C@@H]2[C@@H](C(=O)O)[C@H]3CC(C)C12S3. The maximum Gasteiger partial charge on any atom is 0.308 e. The summed E-state index contributed by atoms with van der Waals surface area (Å²) in [7, 11) is 0. The maximum atomic E-state index is 14.2. The Morgan fingerprint density at radius 3 is 2.65 bits per heavy atom. The number of fused-ring (bicyclic) bond motifs is 1. The van der Waals surface area contributed by atoms with Crippen LogP contribution in [0.5, 0.6) is 0 Å². The summed E-state index contributed by atoms with van der Waals surface area (Å²) < 4.78 is -0.727. The van der Waals surface area contributed by atoms with Crippen molar-refractivity contribution in [3.05, 3.63) is 48.6 Å². The normalized spacial score (nSPS) is 31.5. The third-order valence-corrected chi connectivity index (χ3v) is 9.78. The Bertz CT molecular complexity index is 940. The summed E-state index contributed by atoms with van der Waals surface area (Å²) >= 11 is 1.57. The van der Waals surface area contributed by atoms with Crippen LogP contribution in [0.3, 0.4) is 0 Å². The molecule has 3 aliphatic heterocycles. The lowest BCUT2D eigenvalue weighted by molar-refractivity contribution is -0.149. The summed E-state index contributed by atoms with van der Waals surface area (Å²) in [6.07, 6.45) is 4.44. The van der Waals surface area contributed by atoms with Gasteiger partial charge in [-0.25, -0.2) is 0 Å². The van der Waals surface area contributed by atoms with E-state index in [1.807, 2.05) is 30.3 Å². The average Bonchev–Trinajstić information content (AvgIpc) is 3.40. The fourth-order valence-electron chi connectivity index (χ4n) is 6.26. The van der Waals surface area contributed by atoms with E-state index in [-0.39, 0.29) is 29.6 Å². The van der Waals surface area contributed by atoms with Crippen molar-refractivity contribution in [1.82, 2.24) is 9.80 Å². The Labute approximate surface area is 205 Å². The molecule has 0 radical (unpaired) electrons. The zero-order valence-electron chi connectivity index (χ0n) is 19.6. The van der Waals surface area contributed by atoms with E-state index in [2.05, 4.69) is 13.5 Å². The van der Waals surface area contributed by atoms with Crippen LogP contribution in [0.25, 0.3) is 0 Å². The molecule has 3 fully saturated rings. The predicted octanol–water partition coefficient (Wildman–Crippen LogP) is 2.79. The first kappa shape index (κ1) is 24.8. The second kappa shape index (κ2) is 10.1. The molecule has 3 aliphatic rings. The summed E-state index contributed by atoms with van der Waals surface area (Å²) in [6.45, 7) is 7.13. The molecule has 3 saturated heterocycles. The van der Waals surface area contributed by atoms with E-state index in [0.29, 0.717) is 38.9 Å². The number of unbranched alkanes of at least 4 members (excludes halogenated alkanes) is 2. The highest BCUT2D eigenvalue weighted by molar-refractivity contribution is 8.02. The van der Waals surface area contributed by atoms with E-state index in [1.165, 1.54) is 0 Å². The number of carboxylic acid groups (broad SMARTS) is 1. The van der Waals surface area contributed by atoms with Crippen LogP contribution in [0.1, 0.15) is 38.2 Å². The summed E-state index contributed by atoms with van der Waals surface area (Å²) in [6, 6.07) is 9.03. The first-order valence-electron chi connectivity index (χ1n) is 12.1. The van der Waals surface area contributed by atoms with E-state index < -0.39 is 28.6 Å². The summed E-state index contributed by atoms with van der Waals surface area (Å²) in [5, 5.41) is 19.0. The Morgan fingerprint density at radius 2 is 2.00 bits per heavy atom. The number of aliphatic hydroxyl groups is 1. The van der Waals surface area contributed by atoms with Gasteiger partial charge < -0.3 is 20.0 Å². The van der Waals surface area contributed by atoms with Crippen molar-refractivity contribution in [3.63, 3.8) is 0 Å². The van der Waals surface area contributed by atoms with Gasteiger partial charge in [0.05, 0.1) is 16.6 Å². The zero-order chi connectivity index (χ0) is 24.5. The summed E-state index contributed by atoms with van der Waals surface area (Å²) in [5.74, 6) is -2.65. The van der Waals surface area contributed by atoms with Gasteiger partial charge in [0.25, 0.3) is 0 Å². The molecule has 2 bridgehead atoms. The number of aliphatic carboxylic acids is 1. The van der Waals surface area contributed by atoms with Crippen LogP contribution in [-0.4, -0.2) is 73.5 Å². The number of hydrogen-bond donors (Lipinski definition) is 2. The molecule has 1 aromatic rings. The van der Waals surface area contributed by atoms with Gasteiger partial charge >= 0.3 is 5.97 Å². The molecule has 3 heterocycles. The molecule has 4 rings (SSSR count). The Balaban J connectivity index is 1.70. The molecule has 3 unspecified atom stereocenters. The number of carboxylic acids is 1. The number of amides is 2. The van der Waals surface area contributed by atoms with Crippen molar-refractivity contribution in [3.8, 4) is 0 Å². The maximum absolute atomic E-state index is 14.2. The molecular formula is C26H34N2O5S. The van der Waals surface area contributed by atoms with Gasteiger partial charge in [0.2, 0.25) is 11.8 Å². The molecule has 1 aromatic carbocycles. The largest absolute Gasteiger partial charge is 0.481 e. The van der Waals surface area contributed by atoms with Crippen LogP contribution in [-0.2, 0) is 20.9 Å². The molecule has 0 aliphatic carbocycles. The second-order valence-electron chi connectivity index (χ2n) is 9.70. The zero-order valence-corrected chi connectivity index (χ0v) is 20.5. The van der Waals surface area contributed by atoms with Gasteiger partial charge in [-0.15, -0.1) is 18.3 Å². The van der Waals surface area contributed by atoms with Crippen molar-refractivity contribution in [1.29, 1.82) is 0 Å². The van der Waals surface area contributed by atoms with Crippen molar-refractivity contribution in [2.24, 2.45) is 17.8 Å². The van der Waals surface area contributed by atoms with Crippen LogP contribution in [0.2, 0.25) is 0 Å². The number of likely N-dealkylation sites (tertiary alicyclic amines) is 1. The second-order valence-corrected chi connectivity index (χ2v) is 11.2. The minimum Gasteiger partial charge on any atom is -0.481 e. The molecule has 0 aromatic heterocycles. The smallest absolute Gasteiger partial charge is 0.308 e. The number of thioether (sulfide) groups is 1. The number of carbonyl (C=O) groups excluding carboxylic acids is 2. The van der Waals surface area contributed by atoms with E-state index in [1.54, 1.807) is 27.6 Å². The first-order valence-corrected chi connectivity index (χ1v) is 13.0. The van der Waals surface area contributed by atoms with Gasteiger partial charge in [-0.2, -0.15) is 0 Å². The molecule has 1 spiro atoms. The quantitative estimate of drug-likeness (QED) is 0.369. The fraction of sp³-hybridized carbons (Fsp3) is 0.577. The molecule has 184 valence electrons. The Kier molecular flexibility index (Phi) is 7.38. The van der Waals surface area contributed by atoms with Gasteiger partial charge in [-0.05, 0) is 37.2 Å². The third-order valence-electron chi connectivity index (χ3n) is 7.70. The minimum absolute atomic E-state index is 0.0609. The van der Waals surface area contributed by atoms with Crippen molar-refractivity contribution in [2.75, 3.05) is 19.7 Å². The standard InChI is InChI=1S/C26H34N2O5S/c1-3-12-27(16-18-10-6-4-7-11-18)24(31)22-26-17(2)15-19(34-26)20(25(32)33)21(26)23(30)28(22)13-8-5-9-14-29/h3-4,6-7,10-11,17,19-22,29H,1,5,8-9,12-16H2,2H3,(H,32,33)/t17?,19-,20+,21+,22?,26?/m1/s1. The summed E-state index contributed by atoms with van der Waals surface area (Å²) in [5.41, 5.74) is 0.991. The lowest BCUT2D eigenvalue weighted by atomic mass is 9.66. The lowest BCUT2D eigenvalue weighted by Crippen LogP contribution is -2.57. The fourth-order valence-corrected chi connectivity index (χ4v) is 8.67. The highest BCUT2D eigenvalue weighted by Gasteiger charge is 2.76. The molecule has 8 heteroatoms. The monoisotopic (exact) mass is 486 g/mol. The molecule has 7 nitrogen and oxygen atoms in total. The molecule has 2 amide bonds. The Morgan fingerprint density at radius 1 is 1.26 bits per heavy atom. The topological polar surface area (TPSA) is 98.2 Å². The highest BCUT2D eigenvalue weighted by atomic mass is 32.2. The third kappa shape index (κ3) is 4.05. The van der Waals surface area contributed by atoms with Gasteiger partial charge in [0.15, 0.2) is 0 Å². The van der Waals surface area contributed by atoms with Gasteiger partial charge in [-0.1, -0.05) is 43.3 Å².